The Labute approximate surface area is 106 Å². The molecule has 0 saturated carbocycles. The normalized spacial score (nSPS) is 12.2. The van der Waals surface area contributed by atoms with Crippen molar-refractivity contribution >= 4 is 5.97 Å². The van der Waals surface area contributed by atoms with Gasteiger partial charge in [-0.3, -0.25) is 4.79 Å². The summed E-state index contributed by atoms with van der Waals surface area (Å²) in [4.78, 5) is 10.9. The Balaban J connectivity index is 2.43. The van der Waals surface area contributed by atoms with Crippen LogP contribution >= 0.6 is 0 Å². The fourth-order valence-electron chi connectivity index (χ4n) is 1.64. The van der Waals surface area contributed by atoms with Crippen LogP contribution in [0, 0.1) is 5.82 Å². The van der Waals surface area contributed by atoms with Crippen molar-refractivity contribution in [1.82, 2.24) is 5.32 Å². The standard InChI is InChI=1S/C13H18FNO3/c1-9(15-7-3-4-13(17)18-2)11-8-10(14)5-6-12(11)16/h5-6,8-9,15-16H,3-4,7H2,1-2H3. The molecule has 1 atom stereocenters. The van der Waals surface area contributed by atoms with Crippen molar-refractivity contribution in [2.45, 2.75) is 25.8 Å². The minimum absolute atomic E-state index is 0.0596. The van der Waals surface area contributed by atoms with Crippen LogP contribution in [0.15, 0.2) is 18.2 Å². The van der Waals surface area contributed by atoms with E-state index in [1.165, 1.54) is 25.3 Å². The molecule has 0 spiro atoms. The molecule has 0 bridgehead atoms. The van der Waals surface area contributed by atoms with Gasteiger partial charge in [0.05, 0.1) is 7.11 Å². The second kappa shape index (κ2) is 6.96. The molecule has 0 fully saturated rings. The average molecular weight is 255 g/mol. The molecule has 1 unspecified atom stereocenters. The van der Waals surface area contributed by atoms with Crippen molar-refractivity contribution in [3.63, 3.8) is 0 Å². The predicted octanol–water partition coefficient (Wildman–Crippen LogP) is 2.14. The first-order valence-corrected chi connectivity index (χ1v) is 5.83. The van der Waals surface area contributed by atoms with Gasteiger partial charge in [0.2, 0.25) is 0 Å². The Morgan fingerprint density at radius 3 is 2.94 bits per heavy atom. The van der Waals surface area contributed by atoms with E-state index >= 15 is 0 Å². The molecule has 4 nitrogen and oxygen atoms in total. The SMILES string of the molecule is COC(=O)CCCNC(C)c1cc(F)ccc1O. The van der Waals surface area contributed by atoms with Gasteiger partial charge < -0.3 is 15.2 Å². The number of halogens is 1. The van der Waals surface area contributed by atoms with Gasteiger partial charge in [-0.25, -0.2) is 4.39 Å². The number of carbonyl (C=O) groups is 1. The van der Waals surface area contributed by atoms with Gasteiger partial charge in [0, 0.05) is 18.0 Å². The second-order valence-electron chi connectivity index (χ2n) is 4.06. The predicted molar refractivity (Wildman–Crippen MR) is 65.7 cm³/mol. The summed E-state index contributed by atoms with van der Waals surface area (Å²) in [7, 11) is 1.35. The first-order chi connectivity index (χ1) is 8.54. The van der Waals surface area contributed by atoms with Crippen LogP contribution in [0.5, 0.6) is 5.75 Å². The molecule has 0 saturated heterocycles. The number of aromatic hydroxyl groups is 1. The molecule has 0 amide bonds. The maximum absolute atomic E-state index is 13.0. The fraction of sp³-hybridized carbons (Fsp3) is 0.462. The van der Waals surface area contributed by atoms with E-state index in [4.69, 9.17) is 0 Å². The number of esters is 1. The quantitative estimate of drug-likeness (QED) is 0.604. The lowest BCUT2D eigenvalue weighted by Crippen LogP contribution is -2.20. The minimum atomic E-state index is -0.383. The highest BCUT2D eigenvalue weighted by atomic mass is 19.1. The topological polar surface area (TPSA) is 58.6 Å². The molecule has 1 rings (SSSR count). The average Bonchev–Trinajstić information content (AvgIpc) is 2.36. The van der Waals surface area contributed by atoms with Crippen molar-refractivity contribution in [3.8, 4) is 5.75 Å². The Bertz CT molecular complexity index is 409. The van der Waals surface area contributed by atoms with E-state index in [0.717, 1.165) is 0 Å². The van der Waals surface area contributed by atoms with E-state index in [2.05, 4.69) is 10.1 Å². The van der Waals surface area contributed by atoms with Crippen molar-refractivity contribution in [2.24, 2.45) is 0 Å². The van der Waals surface area contributed by atoms with Crippen molar-refractivity contribution in [3.05, 3.63) is 29.6 Å². The highest BCUT2D eigenvalue weighted by Gasteiger charge is 2.11. The summed E-state index contributed by atoms with van der Waals surface area (Å²) < 4.78 is 17.6. The van der Waals surface area contributed by atoms with Gasteiger partial charge in [0.25, 0.3) is 0 Å². The molecule has 2 N–H and O–H groups in total. The molecule has 1 aromatic rings. The van der Waals surface area contributed by atoms with Crippen LogP contribution in [0.3, 0.4) is 0 Å². The summed E-state index contributed by atoms with van der Waals surface area (Å²) in [5, 5.41) is 12.7. The molecule has 5 heteroatoms. The Hall–Kier alpha value is -1.62. The van der Waals surface area contributed by atoms with Crippen LogP contribution in [0.2, 0.25) is 0 Å². The summed E-state index contributed by atoms with van der Waals surface area (Å²) in [6.07, 6.45) is 0.971. The number of phenols is 1. The van der Waals surface area contributed by atoms with Crippen LogP contribution in [0.25, 0.3) is 0 Å². The monoisotopic (exact) mass is 255 g/mol. The van der Waals surface area contributed by atoms with Crippen molar-refractivity contribution in [1.29, 1.82) is 0 Å². The Kier molecular flexibility index (Phi) is 5.58. The number of hydrogen-bond donors (Lipinski definition) is 2. The third-order valence-corrected chi connectivity index (χ3v) is 2.69. The molecule has 0 aliphatic heterocycles. The van der Waals surface area contributed by atoms with Crippen molar-refractivity contribution < 1.29 is 19.0 Å². The van der Waals surface area contributed by atoms with E-state index in [1.54, 1.807) is 0 Å². The highest BCUT2D eigenvalue weighted by Crippen LogP contribution is 2.24. The first kappa shape index (κ1) is 14.4. The molecule has 18 heavy (non-hydrogen) atoms. The van der Waals surface area contributed by atoms with Gasteiger partial charge in [-0.1, -0.05) is 0 Å². The number of phenolic OH excluding ortho intramolecular Hbond substituents is 1. The molecule has 0 heterocycles. The number of nitrogens with one attached hydrogen (secondary N) is 1. The lowest BCUT2D eigenvalue weighted by molar-refractivity contribution is -0.140. The minimum Gasteiger partial charge on any atom is -0.508 e. The molecule has 0 aromatic heterocycles. The third-order valence-electron chi connectivity index (χ3n) is 2.69. The van der Waals surface area contributed by atoms with Gasteiger partial charge in [-0.2, -0.15) is 0 Å². The van der Waals surface area contributed by atoms with E-state index in [9.17, 15) is 14.3 Å². The molecular weight excluding hydrogens is 237 g/mol. The number of benzene rings is 1. The van der Waals surface area contributed by atoms with Gasteiger partial charge in [-0.05, 0) is 38.1 Å². The number of ether oxygens (including phenoxy) is 1. The molecule has 1 aromatic carbocycles. The van der Waals surface area contributed by atoms with Crippen LogP contribution in [0.4, 0.5) is 4.39 Å². The molecule has 0 aliphatic rings. The summed E-state index contributed by atoms with van der Waals surface area (Å²) in [5.74, 6) is -0.576. The van der Waals surface area contributed by atoms with Gasteiger partial charge in [-0.15, -0.1) is 0 Å². The zero-order chi connectivity index (χ0) is 13.5. The van der Waals surface area contributed by atoms with Crippen LogP contribution < -0.4 is 5.32 Å². The van der Waals surface area contributed by atoms with E-state index in [-0.39, 0.29) is 23.6 Å². The van der Waals surface area contributed by atoms with Gasteiger partial charge in [0.1, 0.15) is 11.6 Å². The zero-order valence-electron chi connectivity index (χ0n) is 10.6. The molecule has 0 aliphatic carbocycles. The van der Waals surface area contributed by atoms with Crippen LogP contribution in [-0.4, -0.2) is 24.7 Å². The van der Waals surface area contributed by atoms with E-state index < -0.39 is 0 Å². The molecule has 0 radical (unpaired) electrons. The summed E-state index contributed by atoms with van der Waals surface area (Å²) >= 11 is 0. The van der Waals surface area contributed by atoms with Crippen LogP contribution in [-0.2, 0) is 9.53 Å². The summed E-state index contributed by atoms with van der Waals surface area (Å²) in [5.41, 5.74) is 0.507. The smallest absolute Gasteiger partial charge is 0.305 e. The van der Waals surface area contributed by atoms with Crippen molar-refractivity contribution in [2.75, 3.05) is 13.7 Å². The largest absolute Gasteiger partial charge is 0.508 e. The number of carbonyl (C=O) groups excluding carboxylic acids is 1. The molecular formula is C13H18FNO3. The van der Waals surface area contributed by atoms with Crippen LogP contribution in [0.1, 0.15) is 31.4 Å². The number of hydrogen-bond acceptors (Lipinski definition) is 4. The van der Waals surface area contributed by atoms with E-state index in [1.807, 2.05) is 6.92 Å². The number of methoxy groups -OCH3 is 1. The third kappa shape index (κ3) is 4.33. The highest BCUT2D eigenvalue weighted by molar-refractivity contribution is 5.69. The maximum atomic E-state index is 13.0. The Morgan fingerprint density at radius 2 is 2.28 bits per heavy atom. The fourth-order valence-corrected chi connectivity index (χ4v) is 1.64. The lowest BCUT2D eigenvalue weighted by Gasteiger charge is -2.15. The molecule has 100 valence electrons. The first-order valence-electron chi connectivity index (χ1n) is 5.83. The number of rotatable bonds is 6. The maximum Gasteiger partial charge on any atom is 0.305 e. The van der Waals surface area contributed by atoms with Gasteiger partial charge >= 0.3 is 5.97 Å². The van der Waals surface area contributed by atoms with E-state index in [0.29, 0.717) is 24.9 Å². The lowest BCUT2D eigenvalue weighted by atomic mass is 10.1. The Morgan fingerprint density at radius 1 is 1.56 bits per heavy atom. The zero-order valence-corrected chi connectivity index (χ0v) is 10.6. The summed E-state index contributed by atoms with van der Waals surface area (Å²) in [6, 6.07) is 3.66. The van der Waals surface area contributed by atoms with Gasteiger partial charge in [0.15, 0.2) is 0 Å². The second-order valence-corrected chi connectivity index (χ2v) is 4.06. The summed E-state index contributed by atoms with van der Waals surface area (Å²) in [6.45, 7) is 2.42.